The van der Waals surface area contributed by atoms with Crippen molar-refractivity contribution in [2.24, 2.45) is 5.92 Å². The predicted molar refractivity (Wildman–Crippen MR) is 139 cm³/mol. The van der Waals surface area contributed by atoms with Gasteiger partial charge >= 0.3 is 0 Å². The predicted octanol–water partition coefficient (Wildman–Crippen LogP) is 6.37. The summed E-state index contributed by atoms with van der Waals surface area (Å²) in [6, 6.07) is 8.09. The second-order valence-electron chi connectivity index (χ2n) is 11.6. The number of aromatic nitrogens is 1. The third kappa shape index (κ3) is 3.40. The Morgan fingerprint density at radius 1 is 1.06 bits per heavy atom. The number of benzene rings is 1. The molecule has 3 aliphatic heterocycles. The van der Waals surface area contributed by atoms with Gasteiger partial charge in [0, 0.05) is 24.4 Å². The summed E-state index contributed by atoms with van der Waals surface area (Å²) < 4.78 is 19.5. The van der Waals surface area contributed by atoms with E-state index in [-0.39, 0.29) is 17.1 Å². The summed E-state index contributed by atoms with van der Waals surface area (Å²) in [5.41, 5.74) is 2.14. The van der Waals surface area contributed by atoms with Crippen LogP contribution in [0.3, 0.4) is 0 Å². The summed E-state index contributed by atoms with van der Waals surface area (Å²) in [4.78, 5) is 4.25. The molecule has 3 fully saturated rings. The summed E-state index contributed by atoms with van der Waals surface area (Å²) in [5, 5.41) is 14.4. The van der Waals surface area contributed by atoms with E-state index < -0.39 is 11.4 Å². The second kappa shape index (κ2) is 8.12. The number of ether oxygens (including phenoxy) is 3. The van der Waals surface area contributed by atoms with E-state index in [1.54, 1.807) is 6.20 Å². The molecule has 0 unspecified atom stereocenters. The Balaban J connectivity index is 1.22. The Morgan fingerprint density at radius 3 is 2.78 bits per heavy atom. The first kappa shape index (κ1) is 23.4. The lowest BCUT2D eigenvalue weighted by atomic mass is 9.73. The molecule has 7 rings (SSSR count). The molecule has 3 spiro atoms. The molecule has 6 heteroatoms. The number of aliphatic hydroxyl groups is 1. The van der Waals surface area contributed by atoms with Gasteiger partial charge in [-0.3, -0.25) is 0 Å². The molecule has 4 atom stereocenters. The lowest BCUT2D eigenvalue weighted by molar-refractivity contribution is -0.222. The van der Waals surface area contributed by atoms with Crippen molar-refractivity contribution < 1.29 is 19.3 Å². The lowest BCUT2D eigenvalue weighted by Crippen LogP contribution is -2.52. The molecule has 5 aliphatic rings. The van der Waals surface area contributed by atoms with Gasteiger partial charge in [-0.1, -0.05) is 42.8 Å². The lowest BCUT2D eigenvalue weighted by Gasteiger charge is -2.50. The molecule has 0 radical (unpaired) electrons. The van der Waals surface area contributed by atoms with Gasteiger partial charge in [-0.2, -0.15) is 0 Å². The third-order valence-electron chi connectivity index (χ3n) is 9.79. The number of allylic oxidation sites excluding steroid dienone is 1. The maximum Gasteiger partial charge on any atom is 0.171 e. The number of hydrogen-bond acceptors (Lipinski definition) is 5. The van der Waals surface area contributed by atoms with E-state index >= 15 is 0 Å². The molecule has 2 bridgehead atoms. The van der Waals surface area contributed by atoms with Gasteiger partial charge in [-0.05, 0) is 85.1 Å². The average Bonchev–Trinajstić information content (AvgIpc) is 3.47. The van der Waals surface area contributed by atoms with Crippen LogP contribution in [0.5, 0.6) is 0 Å². The molecule has 1 N–H and O–H groups in total. The summed E-state index contributed by atoms with van der Waals surface area (Å²) in [7, 11) is 0. The zero-order valence-corrected chi connectivity index (χ0v) is 21.7. The minimum Gasteiger partial charge on any atom is -0.385 e. The van der Waals surface area contributed by atoms with E-state index in [0.29, 0.717) is 31.2 Å². The fraction of sp³-hybridized carbons (Fsp3) is 0.567. The van der Waals surface area contributed by atoms with E-state index in [0.717, 1.165) is 61.3 Å². The van der Waals surface area contributed by atoms with Crippen LogP contribution in [0.15, 0.2) is 53.8 Å². The number of pyridine rings is 1. The highest BCUT2D eigenvalue weighted by molar-refractivity contribution is 6.34. The SMILES string of the molecule is C[C@H]1CC[C@@](O)(c2ccc3ccnc(Cl)c3c2)CC/C=C2/C=C3CCC4(C[C@]35CC[C@@]21O5)OCCO4. The van der Waals surface area contributed by atoms with Crippen LogP contribution in [0, 0.1) is 5.92 Å². The highest BCUT2D eigenvalue weighted by Crippen LogP contribution is 2.61. The number of hydrogen-bond donors (Lipinski definition) is 1. The summed E-state index contributed by atoms with van der Waals surface area (Å²) in [5.74, 6) is -0.197. The monoisotopic (exact) mass is 507 g/mol. The molecule has 0 amide bonds. The fourth-order valence-electron chi connectivity index (χ4n) is 7.69. The molecule has 2 aliphatic carbocycles. The summed E-state index contributed by atoms with van der Waals surface area (Å²) >= 11 is 6.41. The first-order valence-electron chi connectivity index (χ1n) is 13.5. The zero-order valence-electron chi connectivity index (χ0n) is 20.9. The van der Waals surface area contributed by atoms with Crippen LogP contribution >= 0.6 is 11.6 Å². The van der Waals surface area contributed by atoms with Crippen LogP contribution in [0.25, 0.3) is 10.8 Å². The number of halogens is 1. The van der Waals surface area contributed by atoms with Crippen molar-refractivity contribution in [3.8, 4) is 0 Å². The van der Waals surface area contributed by atoms with Crippen LogP contribution in [0.1, 0.15) is 70.3 Å². The highest BCUT2D eigenvalue weighted by Gasteiger charge is 2.62. The van der Waals surface area contributed by atoms with Crippen LogP contribution < -0.4 is 0 Å². The van der Waals surface area contributed by atoms with Crippen molar-refractivity contribution in [2.45, 2.75) is 87.3 Å². The van der Waals surface area contributed by atoms with Gasteiger partial charge in [0.2, 0.25) is 0 Å². The van der Waals surface area contributed by atoms with Crippen molar-refractivity contribution in [2.75, 3.05) is 13.2 Å². The molecular weight excluding hydrogens is 474 g/mol. The molecule has 36 heavy (non-hydrogen) atoms. The Labute approximate surface area is 217 Å². The van der Waals surface area contributed by atoms with Gasteiger partial charge < -0.3 is 19.3 Å². The molecule has 1 aromatic heterocycles. The van der Waals surface area contributed by atoms with Gasteiger partial charge in [0.25, 0.3) is 0 Å². The van der Waals surface area contributed by atoms with E-state index in [9.17, 15) is 5.11 Å². The van der Waals surface area contributed by atoms with E-state index in [2.05, 4.69) is 30.1 Å². The van der Waals surface area contributed by atoms with Gasteiger partial charge in [0.15, 0.2) is 5.79 Å². The minimum absolute atomic E-state index is 0.277. The quantitative estimate of drug-likeness (QED) is 0.454. The van der Waals surface area contributed by atoms with Crippen LogP contribution in [0.2, 0.25) is 5.15 Å². The topological polar surface area (TPSA) is 60.8 Å². The average molecular weight is 508 g/mol. The molecule has 190 valence electrons. The van der Waals surface area contributed by atoms with E-state index in [1.165, 1.54) is 11.1 Å². The smallest absolute Gasteiger partial charge is 0.171 e. The van der Waals surface area contributed by atoms with E-state index in [1.807, 2.05) is 18.2 Å². The summed E-state index contributed by atoms with van der Waals surface area (Å²) in [6.07, 6.45) is 14.2. The largest absolute Gasteiger partial charge is 0.385 e. The van der Waals surface area contributed by atoms with Gasteiger partial charge in [0.1, 0.15) is 5.15 Å². The molecular formula is C30H34ClNO4. The highest BCUT2D eigenvalue weighted by atomic mass is 35.5. The minimum atomic E-state index is -0.922. The summed E-state index contributed by atoms with van der Waals surface area (Å²) in [6.45, 7) is 3.66. The van der Waals surface area contributed by atoms with Crippen LogP contribution in [0.4, 0.5) is 0 Å². The Bertz CT molecular complexity index is 1280. The first-order chi connectivity index (χ1) is 17.4. The van der Waals surface area contributed by atoms with Crippen molar-refractivity contribution in [3.05, 3.63) is 64.5 Å². The van der Waals surface area contributed by atoms with E-state index in [4.69, 9.17) is 25.8 Å². The number of nitrogens with zero attached hydrogens (tertiary/aromatic N) is 1. The fourth-order valence-corrected chi connectivity index (χ4v) is 7.91. The normalized spacial score (nSPS) is 38.9. The Morgan fingerprint density at radius 2 is 1.92 bits per heavy atom. The number of rotatable bonds is 1. The van der Waals surface area contributed by atoms with Crippen LogP contribution in [-0.2, 0) is 19.8 Å². The molecule has 1 aromatic carbocycles. The molecule has 5 nitrogen and oxygen atoms in total. The standard InChI is InChI=1S/C30H34ClNO4/c1-20-6-10-27(33,22-5-4-21-8-14-32-26(31)25(21)18-22)9-2-3-24-17-23-7-11-29(34-15-16-35-29)19-28(23)12-13-30(20,24)36-28/h3-5,8,14,17-18,20,33H,2,6-7,9-13,15-16,19H2,1H3/b24-3-/t20-,27+,28+,30-/m0/s1. The molecule has 4 heterocycles. The Kier molecular flexibility index (Phi) is 5.27. The van der Waals surface area contributed by atoms with Crippen molar-refractivity contribution in [3.63, 3.8) is 0 Å². The molecule has 2 aromatic rings. The third-order valence-corrected chi connectivity index (χ3v) is 10.1. The van der Waals surface area contributed by atoms with Gasteiger partial charge in [-0.15, -0.1) is 0 Å². The maximum absolute atomic E-state index is 12.0. The van der Waals surface area contributed by atoms with Crippen molar-refractivity contribution in [1.82, 2.24) is 4.98 Å². The second-order valence-corrected chi connectivity index (χ2v) is 12.0. The first-order valence-corrected chi connectivity index (χ1v) is 13.9. The van der Waals surface area contributed by atoms with Crippen molar-refractivity contribution >= 4 is 22.4 Å². The van der Waals surface area contributed by atoms with Gasteiger partial charge in [-0.25, -0.2) is 4.98 Å². The molecule has 1 saturated carbocycles. The molecule has 2 saturated heterocycles. The van der Waals surface area contributed by atoms with Crippen LogP contribution in [-0.4, -0.2) is 40.3 Å². The maximum atomic E-state index is 12.0. The Hall–Kier alpha value is -1.76. The van der Waals surface area contributed by atoms with Gasteiger partial charge in [0.05, 0.1) is 30.0 Å². The van der Waals surface area contributed by atoms with Crippen molar-refractivity contribution in [1.29, 1.82) is 0 Å². The zero-order chi connectivity index (χ0) is 24.6. The number of fused-ring (bicyclic) bond motifs is 1.